The zero-order valence-electron chi connectivity index (χ0n) is 14.9. The Morgan fingerprint density at radius 1 is 1.29 bits per heavy atom. The summed E-state index contributed by atoms with van der Waals surface area (Å²) >= 11 is 0. The Morgan fingerprint density at radius 3 is 2.75 bits per heavy atom. The Bertz CT molecular complexity index is 580. The molecule has 5 nitrogen and oxygen atoms in total. The van der Waals surface area contributed by atoms with Crippen molar-refractivity contribution in [3.05, 3.63) is 23.8 Å². The third-order valence-electron chi connectivity index (χ3n) is 5.17. The van der Waals surface area contributed by atoms with Gasteiger partial charge in [-0.05, 0) is 49.9 Å². The van der Waals surface area contributed by atoms with Gasteiger partial charge in [-0.1, -0.05) is 26.8 Å². The van der Waals surface area contributed by atoms with E-state index in [4.69, 9.17) is 9.47 Å². The van der Waals surface area contributed by atoms with Crippen LogP contribution in [0.2, 0.25) is 0 Å². The minimum Gasteiger partial charge on any atom is -0.454 e. The van der Waals surface area contributed by atoms with Crippen molar-refractivity contribution < 1.29 is 14.3 Å². The van der Waals surface area contributed by atoms with Crippen molar-refractivity contribution >= 4 is 5.91 Å². The molecule has 0 radical (unpaired) electrons. The Labute approximate surface area is 144 Å². The summed E-state index contributed by atoms with van der Waals surface area (Å²) in [6.45, 7) is 9.87. The molecule has 2 aliphatic heterocycles. The van der Waals surface area contributed by atoms with E-state index in [2.05, 4.69) is 31.0 Å². The lowest BCUT2D eigenvalue weighted by molar-refractivity contribution is 0.0859. The molecule has 0 spiro atoms. The molecule has 2 heterocycles. The van der Waals surface area contributed by atoms with Gasteiger partial charge in [0.25, 0.3) is 5.91 Å². The van der Waals surface area contributed by atoms with E-state index in [0.717, 1.165) is 19.0 Å². The summed E-state index contributed by atoms with van der Waals surface area (Å²) in [5, 5.41) is 3.10. The molecule has 1 aromatic carbocycles. The van der Waals surface area contributed by atoms with Gasteiger partial charge in [0, 0.05) is 12.6 Å². The van der Waals surface area contributed by atoms with E-state index in [1.807, 2.05) is 12.1 Å². The third-order valence-corrected chi connectivity index (χ3v) is 5.17. The number of carbonyl (C=O) groups excluding carboxylic acids is 1. The summed E-state index contributed by atoms with van der Waals surface area (Å²) in [4.78, 5) is 15.1. The van der Waals surface area contributed by atoms with Gasteiger partial charge >= 0.3 is 0 Å². The highest BCUT2D eigenvalue weighted by Gasteiger charge is 2.27. The first-order valence-corrected chi connectivity index (χ1v) is 8.97. The normalized spacial score (nSPS) is 19.5. The first-order chi connectivity index (χ1) is 11.6. The summed E-state index contributed by atoms with van der Waals surface area (Å²) in [5.41, 5.74) is 0.555. The molecule has 1 amide bonds. The lowest BCUT2D eigenvalue weighted by atomic mass is 9.94. The van der Waals surface area contributed by atoms with Crippen LogP contribution < -0.4 is 14.8 Å². The fourth-order valence-electron chi connectivity index (χ4n) is 3.55. The molecule has 5 heteroatoms. The number of carbonyl (C=O) groups is 1. The minimum atomic E-state index is -0.0895. The van der Waals surface area contributed by atoms with Crippen LogP contribution in [0, 0.1) is 11.8 Å². The zero-order chi connectivity index (χ0) is 17.1. The largest absolute Gasteiger partial charge is 0.454 e. The van der Waals surface area contributed by atoms with Crippen LogP contribution in [0.3, 0.4) is 0 Å². The molecule has 3 rings (SSSR count). The van der Waals surface area contributed by atoms with E-state index in [1.54, 1.807) is 6.07 Å². The van der Waals surface area contributed by atoms with E-state index in [-0.39, 0.29) is 12.7 Å². The molecule has 1 saturated heterocycles. The average molecular weight is 332 g/mol. The maximum Gasteiger partial charge on any atom is 0.255 e. The predicted molar refractivity (Wildman–Crippen MR) is 93.5 cm³/mol. The van der Waals surface area contributed by atoms with Crippen molar-refractivity contribution in [2.75, 3.05) is 26.4 Å². The molecule has 0 saturated carbocycles. The average Bonchev–Trinajstić information content (AvgIpc) is 3.04. The zero-order valence-corrected chi connectivity index (χ0v) is 14.9. The molecule has 1 N–H and O–H groups in total. The fourth-order valence-corrected chi connectivity index (χ4v) is 3.55. The molecular formula is C19H28N2O3. The van der Waals surface area contributed by atoms with E-state index in [9.17, 15) is 4.79 Å². The fraction of sp³-hybridized carbons (Fsp3) is 0.632. The molecular weight excluding hydrogens is 304 g/mol. The number of amides is 1. The second kappa shape index (κ2) is 7.43. The van der Waals surface area contributed by atoms with Crippen molar-refractivity contribution in [3.8, 4) is 11.5 Å². The van der Waals surface area contributed by atoms with Crippen molar-refractivity contribution in [3.63, 3.8) is 0 Å². The van der Waals surface area contributed by atoms with E-state index < -0.39 is 0 Å². The van der Waals surface area contributed by atoms with Gasteiger partial charge in [0.2, 0.25) is 6.79 Å². The van der Waals surface area contributed by atoms with Crippen LogP contribution >= 0.6 is 0 Å². The van der Waals surface area contributed by atoms with Crippen LogP contribution in [0.25, 0.3) is 0 Å². The first kappa shape index (κ1) is 17.1. The van der Waals surface area contributed by atoms with E-state index in [1.165, 1.54) is 12.8 Å². The van der Waals surface area contributed by atoms with Crippen LogP contribution in [0.1, 0.15) is 44.0 Å². The third kappa shape index (κ3) is 3.66. The number of nitrogens with zero attached hydrogens (tertiary/aromatic N) is 1. The van der Waals surface area contributed by atoms with Crippen molar-refractivity contribution in [1.82, 2.24) is 10.2 Å². The topological polar surface area (TPSA) is 50.8 Å². The van der Waals surface area contributed by atoms with Crippen LogP contribution in [-0.2, 0) is 0 Å². The molecule has 1 unspecified atom stereocenters. The van der Waals surface area contributed by atoms with Gasteiger partial charge in [0.05, 0.1) is 5.56 Å². The quantitative estimate of drug-likeness (QED) is 0.901. The minimum absolute atomic E-state index is 0.0895. The first-order valence-electron chi connectivity index (χ1n) is 8.97. The maximum atomic E-state index is 12.6. The van der Waals surface area contributed by atoms with Gasteiger partial charge in [0.1, 0.15) is 0 Å². The highest BCUT2D eigenvalue weighted by Crippen LogP contribution is 2.35. The number of nitrogens with one attached hydrogen (secondary N) is 1. The molecule has 0 bridgehead atoms. The van der Waals surface area contributed by atoms with Gasteiger partial charge in [0.15, 0.2) is 11.5 Å². The molecule has 1 fully saturated rings. The van der Waals surface area contributed by atoms with Gasteiger partial charge in [-0.25, -0.2) is 0 Å². The Kier molecular flexibility index (Phi) is 5.29. The number of hydrogen-bond acceptors (Lipinski definition) is 4. The number of ether oxygens (including phenoxy) is 2. The molecule has 1 atom stereocenters. The molecule has 1 aromatic rings. The van der Waals surface area contributed by atoms with Crippen molar-refractivity contribution in [2.24, 2.45) is 11.8 Å². The number of fused-ring (bicyclic) bond motifs is 1. The number of hydrogen-bond donors (Lipinski definition) is 1. The monoisotopic (exact) mass is 332 g/mol. The molecule has 0 aromatic heterocycles. The second-order valence-electron chi connectivity index (χ2n) is 7.28. The highest BCUT2D eigenvalue weighted by atomic mass is 16.7. The smallest absolute Gasteiger partial charge is 0.255 e. The van der Waals surface area contributed by atoms with Crippen LogP contribution in [0.15, 0.2) is 18.2 Å². The molecule has 24 heavy (non-hydrogen) atoms. The van der Waals surface area contributed by atoms with Crippen molar-refractivity contribution in [2.45, 2.75) is 39.7 Å². The summed E-state index contributed by atoms with van der Waals surface area (Å²) in [6, 6.07) is 5.81. The number of likely N-dealkylation sites (tertiary alicyclic amines) is 1. The molecule has 2 aliphatic rings. The maximum absolute atomic E-state index is 12.6. The number of piperidine rings is 1. The summed E-state index contributed by atoms with van der Waals surface area (Å²) in [7, 11) is 0. The molecule has 132 valence electrons. The van der Waals surface area contributed by atoms with E-state index in [0.29, 0.717) is 35.6 Å². The van der Waals surface area contributed by atoms with Crippen molar-refractivity contribution in [1.29, 1.82) is 0 Å². The number of benzene rings is 1. The van der Waals surface area contributed by atoms with Gasteiger partial charge in [-0.15, -0.1) is 0 Å². The Morgan fingerprint density at radius 2 is 2.04 bits per heavy atom. The van der Waals surface area contributed by atoms with Crippen LogP contribution in [0.5, 0.6) is 11.5 Å². The Balaban J connectivity index is 1.63. The lowest BCUT2D eigenvalue weighted by Crippen LogP contribution is -2.49. The molecule has 0 aliphatic carbocycles. The van der Waals surface area contributed by atoms with E-state index >= 15 is 0 Å². The highest BCUT2D eigenvalue weighted by molar-refractivity contribution is 5.97. The standard InChI is InChI=1S/C19H28N2O3/c1-13(2)16(21-9-7-14(3)8-10-21)11-20-19(22)15-5-4-6-17-18(15)24-12-23-17/h4-6,13-14,16H,7-12H2,1-3H3,(H,20,22). The second-order valence-corrected chi connectivity index (χ2v) is 7.28. The summed E-state index contributed by atoms with van der Waals surface area (Å²) in [5.74, 6) is 2.43. The van der Waals surface area contributed by atoms with Gasteiger partial charge in [-0.3, -0.25) is 9.69 Å². The summed E-state index contributed by atoms with van der Waals surface area (Å²) in [6.07, 6.45) is 2.49. The Hall–Kier alpha value is -1.75. The summed E-state index contributed by atoms with van der Waals surface area (Å²) < 4.78 is 10.8. The van der Waals surface area contributed by atoms with Gasteiger partial charge < -0.3 is 14.8 Å². The SMILES string of the molecule is CC1CCN(C(CNC(=O)c2cccc3c2OCO3)C(C)C)CC1. The number of rotatable bonds is 5. The van der Waals surface area contributed by atoms with Crippen LogP contribution in [-0.4, -0.2) is 43.3 Å². The predicted octanol–water partition coefficient (Wildman–Crippen LogP) is 2.90. The van der Waals surface area contributed by atoms with Crippen LogP contribution in [0.4, 0.5) is 0 Å². The lowest BCUT2D eigenvalue weighted by Gasteiger charge is -2.38. The number of para-hydroxylation sites is 1. The van der Waals surface area contributed by atoms with Gasteiger partial charge in [-0.2, -0.15) is 0 Å².